The molecule has 1 aliphatic rings. The van der Waals surface area contributed by atoms with E-state index in [4.69, 9.17) is 0 Å². The lowest BCUT2D eigenvalue weighted by Gasteiger charge is -2.16. The summed E-state index contributed by atoms with van der Waals surface area (Å²) in [6.07, 6.45) is 2.68. The maximum Gasteiger partial charge on any atom is 0.123 e. The number of nitrogens with one attached hydrogen (secondary N) is 1. The number of hydrogen-bond donors (Lipinski definition) is 1. The van der Waals surface area contributed by atoms with Gasteiger partial charge in [-0.1, -0.05) is 15.9 Å². The fraction of sp³-hybridized carbons (Fsp3) is 0.538. The maximum absolute atomic E-state index is 13.0. The highest BCUT2D eigenvalue weighted by Crippen LogP contribution is 2.24. The van der Waals surface area contributed by atoms with E-state index in [2.05, 4.69) is 33.2 Å². The average molecular weight is 301 g/mol. The molecule has 0 unspecified atom stereocenters. The molecule has 17 heavy (non-hydrogen) atoms. The largest absolute Gasteiger partial charge is 0.311 e. The van der Waals surface area contributed by atoms with Crippen molar-refractivity contribution in [3.05, 3.63) is 34.1 Å². The molecular weight excluding hydrogens is 283 g/mol. The van der Waals surface area contributed by atoms with Crippen molar-refractivity contribution in [2.45, 2.75) is 25.4 Å². The van der Waals surface area contributed by atoms with Gasteiger partial charge in [0.1, 0.15) is 5.82 Å². The Labute approximate surface area is 110 Å². The van der Waals surface area contributed by atoms with Crippen molar-refractivity contribution < 1.29 is 4.39 Å². The molecule has 2 rings (SSSR count). The van der Waals surface area contributed by atoms with E-state index in [-0.39, 0.29) is 5.82 Å². The third kappa shape index (κ3) is 4.05. The van der Waals surface area contributed by atoms with Crippen LogP contribution in [-0.2, 0) is 6.54 Å². The number of hydrogen-bond acceptors (Lipinski definition) is 2. The van der Waals surface area contributed by atoms with Crippen LogP contribution in [0.1, 0.15) is 18.4 Å². The minimum Gasteiger partial charge on any atom is -0.311 e. The molecule has 1 N–H and O–H groups in total. The third-order valence-electron chi connectivity index (χ3n) is 3.13. The fourth-order valence-electron chi connectivity index (χ4n) is 1.86. The predicted molar refractivity (Wildman–Crippen MR) is 71.5 cm³/mol. The van der Waals surface area contributed by atoms with Crippen LogP contribution in [0.15, 0.2) is 22.7 Å². The molecule has 0 heterocycles. The lowest BCUT2D eigenvalue weighted by atomic mass is 10.2. The molecule has 1 fully saturated rings. The van der Waals surface area contributed by atoms with Gasteiger partial charge in [0, 0.05) is 30.1 Å². The highest BCUT2D eigenvalue weighted by atomic mass is 79.9. The summed E-state index contributed by atoms with van der Waals surface area (Å²) in [5.41, 5.74) is 0.971. The molecule has 94 valence electrons. The Morgan fingerprint density at radius 3 is 2.94 bits per heavy atom. The van der Waals surface area contributed by atoms with E-state index in [0.29, 0.717) is 6.54 Å². The van der Waals surface area contributed by atoms with E-state index >= 15 is 0 Å². The molecule has 0 atom stereocenters. The number of benzene rings is 1. The zero-order valence-corrected chi connectivity index (χ0v) is 11.6. The first-order valence-electron chi connectivity index (χ1n) is 6.01. The van der Waals surface area contributed by atoms with E-state index in [9.17, 15) is 4.39 Å². The highest BCUT2D eigenvalue weighted by Gasteiger charge is 2.25. The summed E-state index contributed by atoms with van der Waals surface area (Å²) < 4.78 is 14.0. The van der Waals surface area contributed by atoms with E-state index in [1.54, 1.807) is 12.1 Å². The Morgan fingerprint density at radius 1 is 1.47 bits per heavy atom. The van der Waals surface area contributed by atoms with Gasteiger partial charge in [0.05, 0.1) is 0 Å². The second kappa shape index (κ2) is 5.94. The molecule has 4 heteroatoms. The zero-order chi connectivity index (χ0) is 12.3. The first kappa shape index (κ1) is 13.0. The number of nitrogens with zero attached hydrogens (tertiary/aromatic N) is 1. The third-order valence-corrected chi connectivity index (χ3v) is 3.91. The van der Waals surface area contributed by atoms with Crippen molar-refractivity contribution in [1.82, 2.24) is 10.2 Å². The molecule has 0 bridgehead atoms. The smallest absolute Gasteiger partial charge is 0.123 e. The zero-order valence-electron chi connectivity index (χ0n) is 10.0. The van der Waals surface area contributed by atoms with Crippen LogP contribution in [0.3, 0.4) is 0 Å². The van der Waals surface area contributed by atoms with Crippen LogP contribution in [0.5, 0.6) is 0 Å². The van der Waals surface area contributed by atoms with Crippen molar-refractivity contribution in [3.8, 4) is 0 Å². The molecule has 2 nitrogen and oxygen atoms in total. The highest BCUT2D eigenvalue weighted by molar-refractivity contribution is 9.10. The van der Waals surface area contributed by atoms with Gasteiger partial charge >= 0.3 is 0 Å². The van der Waals surface area contributed by atoms with Crippen LogP contribution in [0, 0.1) is 5.82 Å². The number of likely N-dealkylation sites (N-methyl/N-ethyl adjacent to an activating group) is 1. The Balaban J connectivity index is 1.71. The number of halogens is 2. The Bertz CT molecular complexity index is 380. The Hall–Kier alpha value is -0.450. The van der Waals surface area contributed by atoms with Gasteiger partial charge < -0.3 is 10.2 Å². The molecule has 0 radical (unpaired) electrons. The van der Waals surface area contributed by atoms with Gasteiger partial charge in [-0.05, 0) is 43.7 Å². The van der Waals surface area contributed by atoms with Crippen molar-refractivity contribution in [3.63, 3.8) is 0 Å². The van der Waals surface area contributed by atoms with E-state index in [0.717, 1.165) is 29.2 Å². The molecule has 0 spiro atoms. The molecule has 0 amide bonds. The summed E-state index contributed by atoms with van der Waals surface area (Å²) in [5.74, 6) is -0.180. The number of rotatable bonds is 6. The second-order valence-electron chi connectivity index (χ2n) is 4.62. The molecule has 1 aliphatic carbocycles. The van der Waals surface area contributed by atoms with Crippen LogP contribution in [0.25, 0.3) is 0 Å². The van der Waals surface area contributed by atoms with Gasteiger partial charge in [-0.25, -0.2) is 4.39 Å². The van der Waals surface area contributed by atoms with Gasteiger partial charge in [-0.3, -0.25) is 0 Å². The van der Waals surface area contributed by atoms with Crippen molar-refractivity contribution >= 4 is 15.9 Å². The summed E-state index contributed by atoms with van der Waals surface area (Å²) >= 11 is 3.43. The molecule has 1 saturated carbocycles. The van der Waals surface area contributed by atoms with Crippen molar-refractivity contribution in [2.75, 3.05) is 20.1 Å². The molecular formula is C13H18BrFN2. The van der Waals surface area contributed by atoms with Crippen molar-refractivity contribution in [1.29, 1.82) is 0 Å². The topological polar surface area (TPSA) is 15.3 Å². The quantitative estimate of drug-likeness (QED) is 0.813. The summed E-state index contributed by atoms with van der Waals surface area (Å²) in [6, 6.07) is 5.59. The van der Waals surface area contributed by atoms with Crippen molar-refractivity contribution in [2.24, 2.45) is 0 Å². The minimum atomic E-state index is -0.180. The first-order valence-corrected chi connectivity index (χ1v) is 6.81. The van der Waals surface area contributed by atoms with Gasteiger partial charge in [0.15, 0.2) is 0 Å². The van der Waals surface area contributed by atoms with Crippen LogP contribution < -0.4 is 5.32 Å². The monoisotopic (exact) mass is 300 g/mol. The second-order valence-corrected chi connectivity index (χ2v) is 5.48. The first-order chi connectivity index (χ1) is 8.16. The molecule has 1 aromatic rings. The Kier molecular flexibility index (Phi) is 4.54. The summed E-state index contributed by atoms with van der Waals surface area (Å²) in [6.45, 7) is 2.70. The lowest BCUT2D eigenvalue weighted by Crippen LogP contribution is -2.30. The van der Waals surface area contributed by atoms with Gasteiger partial charge in [0.25, 0.3) is 0 Å². The van der Waals surface area contributed by atoms with Crippen LogP contribution >= 0.6 is 15.9 Å². The van der Waals surface area contributed by atoms with Gasteiger partial charge in [-0.15, -0.1) is 0 Å². The summed E-state index contributed by atoms with van der Waals surface area (Å²) in [4.78, 5) is 2.38. The Morgan fingerprint density at radius 2 is 2.24 bits per heavy atom. The minimum absolute atomic E-state index is 0.180. The lowest BCUT2D eigenvalue weighted by molar-refractivity contribution is 0.321. The van der Waals surface area contributed by atoms with Gasteiger partial charge in [0.2, 0.25) is 0 Å². The van der Waals surface area contributed by atoms with E-state index in [1.807, 2.05) is 0 Å². The van der Waals surface area contributed by atoms with Crippen LogP contribution in [0.2, 0.25) is 0 Å². The fourth-order valence-corrected chi connectivity index (χ4v) is 2.24. The summed E-state index contributed by atoms with van der Waals surface area (Å²) in [5, 5.41) is 3.34. The molecule has 0 aromatic heterocycles. The molecule has 0 saturated heterocycles. The maximum atomic E-state index is 13.0. The SMILES string of the molecule is CN(CCNCc1cc(F)ccc1Br)C1CC1. The normalized spacial score (nSPS) is 15.5. The summed E-state index contributed by atoms with van der Waals surface area (Å²) in [7, 11) is 2.16. The molecule has 1 aromatic carbocycles. The van der Waals surface area contributed by atoms with E-state index < -0.39 is 0 Å². The van der Waals surface area contributed by atoms with Crippen LogP contribution in [-0.4, -0.2) is 31.1 Å². The predicted octanol–water partition coefficient (Wildman–Crippen LogP) is 2.77. The standard InChI is InChI=1S/C13H18BrFN2/c1-17(12-3-4-12)7-6-16-9-10-8-11(15)2-5-13(10)14/h2,5,8,12,16H,3-4,6-7,9H2,1H3. The van der Waals surface area contributed by atoms with E-state index in [1.165, 1.54) is 18.9 Å². The molecule has 0 aliphatic heterocycles. The average Bonchev–Trinajstić information content (AvgIpc) is 3.12. The van der Waals surface area contributed by atoms with Gasteiger partial charge in [-0.2, -0.15) is 0 Å². The van der Waals surface area contributed by atoms with Crippen LogP contribution in [0.4, 0.5) is 4.39 Å².